The maximum Gasteiger partial charge on any atom is 0.303 e. The van der Waals surface area contributed by atoms with Gasteiger partial charge in [-0.2, -0.15) is 0 Å². The van der Waals surface area contributed by atoms with Crippen LogP contribution < -0.4 is 0 Å². The molecule has 1 aromatic heterocycles. The Hall–Kier alpha value is -1.46. The molecule has 3 rings (SSSR count). The van der Waals surface area contributed by atoms with Gasteiger partial charge in [0.05, 0.1) is 17.5 Å². The molecule has 0 aliphatic carbocycles. The maximum absolute atomic E-state index is 11.3. The molecule has 4 nitrogen and oxygen atoms in total. The molecule has 3 aromatic rings. The number of H-pyrrole nitrogens is 1. The predicted molar refractivity (Wildman–Crippen MR) is 104 cm³/mol. The average Bonchev–Trinajstić information content (AvgIpc) is 2.87. The van der Waals surface area contributed by atoms with Gasteiger partial charge in [0.2, 0.25) is 0 Å². The van der Waals surface area contributed by atoms with E-state index in [4.69, 9.17) is 34.8 Å². The van der Waals surface area contributed by atoms with Gasteiger partial charge in [-0.25, -0.2) is 4.98 Å². The number of carboxylic acids is 1. The van der Waals surface area contributed by atoms with E-state index in [0.717, 1.165) is 16.6 Å². The first-order valence-corrected chi connectivity index (χ1v) is 8.36. The summed E-state index contributed by atoms with van der Waals surface area (Å²) in [6.07, 6.45) is 0.360. The molecule has 0 spiro atoms. The Bertz CT molecular complexity index is 911. The Morgan fingerprint density at radius 1 is 1.12 bits per heavy atom. The summed E-state index contributed by atoms with van der Waals surface area (Å²) in [5.74, 6) is -0.530. The lowest BCUT2D eigenvalue weighted by atomic mass is 9.92. The van der Waals surface area contributed by atoms with E-state index in [0.29, 0.717) is 27.3 Å². The minimum absolute atomic E-state index is 0. The van der Waals surface area contributed by atoms with Gasteiger partial charge in [-0.1, -0.05) is 40.9 Å². The molecule has 1 unspecified atom stereocenters. The summed E-state index contributed by atoms with van der Waals surface area (Å²) in [6.45, 7) is 0. The molecule has 0 saturated heterocycles. The topological polar surface area (TPSA) is 66.0 Å². The van der Waals surface area contributed by atoms with E-state index in [2.05, 4.69) is 9.97 Å². The minimum atomic E-state index is -0.898. The lowest BCUT2D eigenvalue weighted by Gasteiger charge is -2.16. The molecule has 1 atom stereocenters. The van der Waals surface area contributed by atoms with Crippen molar-refractivity contribution in [1.29, 1.82) is 0 Å². The number of hydrogen-bond donors (Lipinski definition) is 2. The van der Waals surface area contributed by atoms with Crippen molar-refractivity contribution in [2.75, 3.05) is 0 Å². The third-order valence-electron chi connectivity index (χ3n) is 3.76. The van der Waals surface area contributed by atoms with E-state index in [-0.39, 0.29) is 24.7 Å². The van der Waals surface area contributed by atoms with E-state index < -0.39 is 5.97 Å². The van der Waals surface area contributed by atoms with Gasteiger partial charge in [-0.3, -0.25) is 4.79 Å². The largest absolute Gasteiger partial charge is 0.481 e. The highest BCUT2D eigenvalue weighted by Crippen LogP contribution is 2.32. The van der Waals surface area contributed by atoms with Crippen LogP contribution in [0.4, 0.5) is 0 Å². The second-order valence-electron chi connectivity index (χ2n) is 5.51. The van der Waals surface area contributed by atoms with Gasteiger partial charge in [0.1, 0.15) is 5.82 Å². The van der Waals surface area contributed by atoms with Gasteiger partial charge in [-0.15, -0.1) is 12.4 Å². The Labute approximate surface area is 165 Å². The molecule has 8 heteroatoms. The third-order valence-corrected chi connectivity index (χ3v) is 4.55. The molecule has 132 valence electrons. The van der Waals surface area contributed by atoms with Crippen LogP contribution in [-0.4, -0.2) is 21.0 Å². The maximum atomic E-state index is 11.3. The fourth-order valence-corrected chi connectivity index (χ4v) is 3.43. The third kappa shape index (κ3) is 4.79. The highest BCUT2D eigenvalue weighted by atomic mass is 35.5. The summed E-state index contributed by atoms with van der Waals surface area (Å²) in [4.78, 5) is 18.9. The molecule has 25 heavy (non-hydrogen) atoms. The Morgan fingerprint density at radius 2 is 1.80 bits per heavy atom. The van der Waals surface area contributed by atoms with Gasteiger partial charge in [0, 0.05) is 27.4 Å². The van der Waals surface area contributed by atoms with Gasteiger partial charge in [-0.05, 0) is 35.9 Å². The van der Waals surface area contributed by atoms with E-state index in [1.54, 1.807) is 30.3 Å². The van der Waals surface area contributed by atoms with E-state index in [1.165, 1.54) is 0 Å². The number of fused-ring (bicyclic) bond motifs is 1. The van der Waals surface area contributed by atoms with Crippen molar-refractivity contribution < 1.29 is 9.90 Å². The standard InChI is InChI=1S/C17H13Cl3N2O2.ClH/c18-10-1-3-12(13(20)7-10)9(6-17(23)24)5-16-21-14-4-2-11(19)8-15(14)22-16;/h1-4,7-9H,5-6H2,(H,21,22)(H,23,24);1H. The highest BCUT2D eigenvalue weighted by molar-refractivity contribution is 6.35. The summed E-state index contributed by atoms with van der Waals surface area (Å²) in [7, 11) is 0. The molecule has 0 radical (unpaired) electrons. The summed E-state index contributed by atoms with van der Waals surface area (Å²) >= 11 is 18.1. The van der Waals surface area contributed by atoms with Crippen molar-refractivity contribution in [2.45, 2.75) is 18.8 Å². The lowest BCUT2D eigenvalue weighted by Crippen LogP contribution is -2.10. The molecule has 1 heterocycles. The zero-order valence-electron chi connectivity index (χ0n) is 12.8. The second kappa shape index (κ2) is 8.28. The first kappa shape index (κ1) is 19.9. The van der Waals surface area contributed by atoms with E-state index in [1.807, 2.05) is 6.07 Å². The van der Waals surface area contributed by atoms with E-state index >= 15 is 0 Å². The fraction of sp³-hybridized carbons (Fsp3) is 0.176. The first-order valence-electron chi connectivity index (χ1n) is 7.23. The Morgan fingerprint density at radius 3 is 2.48 bits per heavy atom. The SMILES string of the molecule is Cl.O=C(O)CC(Cc1nc2cc(Cl)ccc2[nH]1)c1ccc(Cl)cc1Cl. The number of imidazole rings is 1. The normalized spacial score (nSPS) is 12.0. The van der Waals surface area contributed by atoms with Crippen LogP contribution in [0.2, 0.25) is 15.1 Å². The zero-order valence-corrected chi connectivity index (χ0v) is 15.9. The summed E-state index contributed by atoms with van der Waals surface area (Å²) < 4.78 is 0. The molecule has 0 amide bonds. The summed E-state index contributed by atoms with van der Waals surface area (Å²) in [5, 5.41) is 10.8. The number of aromatic nitrogens is 2. The van der Waals surface area contributed by atoms with Gasteiger partial charge < -0.3 is 10.1 Å². The van der Waals surface area contributed by atoms with Crippen LogP contribution >= 0.6 is 47.2 Å². The number of carbonyl (C=O) groups is 1. The predicted octanol–water partition coefficient (Wildman–Crippen LogP) is 5.75. The number of aliphatic carboxylic acids is 1. The molecular weight excluding hydrogens is 406 g/mol. The van der Waals surface area contributed by atoms with Crippen molar-refractivity contribution in [1.82, 2.24) is 9.97 Å². The Balaban J connectivity index is 0.00000225. The fourth-order valence-electron chi connectivity index (χ4n) is 2.70. The first-order chi connectivity index (χ1) is 11.4. The van der Waals surface area contributed by atoms with Crippen molar-refractivity contribution in [3.8, 4) is 0 Å². The van der Waals surface area contributed by atoms with Crippen molar-refractivity contribution in [3.05, 3.63) is 62.9 Å². The van der Waals surface area contributed by atoms with Gasteiger partial charge in [0.25, 0.3) is 0 Å². The van der Waals surface area contributed by atoms with Crippen LogP contribution in [0.25, 0.3) is 11.0 Å². The van der Waals surface area contributed by atoms with E-state index in [9.17, 15) is 9.90 Å². The van der Waals surface area contributed by atoms with Gasteiger partial charge >= 0.3 is 5.97 Å². The Kier molecular flexibility index (Phi) is 6.58. The molecule has 0 bridgehead atoms. The van der Waals surface area contributed by atoms with Crippen molar-refractivity contribution in [2.24, 2.45) is 0 Å². The molecule has 2 aromatic carbocycles. The van der Waals surface area contributed by atoms with Crippen LogP contribution in [0.1, 0.15) is 23.7 Å². The smallest absolute Gasteiger partial charge is 0.303 e. The molecule has 2 N–H and O–H groups in total. The zero-order chi connectivity index (χ0) is 17.3. The quantitative estimate of drug-likeness (QED) is 0.553. The molecule has 0 saturated carbocycles. The number of nitrogens with zero attached hydrogens (tertiary/aromatic N) is 1. The number of nitrogens with one attached hydrogen (secondary N) is 1. The molecule has 0 aliphatic rings. The highest BCUT2D eigenvalue weighted by Gasteiger charge is 2.21. The monoisotopic (exact) mass is 418 g/mol. The lowest BCUT2D eigenvalue weighted by molar-refractivity contribution is -0.137. The van der Waals surface area contributed by atoms with Crippen LogP contribution in [0.3, 0.4) is 0 Å². The van der Waals surface area contributed by atoms with Crippen LogP contribution in [0, 0.1) is 0 Å². The molecule has 0 fully saturated rings. The van der Waals surface area contributed by atoms with Crippen LogP contribution in [-0.2, 0) is 11.2 Å². The van der Waals surface area contributed by atoms with Crippen LogP contribution in [0.5, 0.6) is 0 Å². The average molecular weight is 420 g/mol. The molecule has 0 aliphatic heterocycles. The van der Waals surface area contributed by atoms with Gasteiger partial charge in [0.15, 0.2) is 0 Å². The number of halogens is 4. The minimum Gasteiger partial charge on any atom is -0.481 e. The van der Waals surface area contributed by atoms with Crippen LogP contribution in [0.15, 0.2) is 36.4 Å². The van der Waals surface area contributed by atoms with Crippen molar-refractivity contribution in [3.63, 3.8) is 0 Å². The van der Waals surface area contributed by atoms with Crippen molar-refractivity contribution >= 4 is 64.2 Å². The number of benzene rings is 2. The number of hydrogen-bond acceptors (Lipinski definition) is 2. The second-order valence-corrected chi connectivity index (χ2v) is 6.79. The number of carboxylic acid groups (broad SMARTS) is 1. The number of aromatic amines is 1. The number of rotatable bonds is 5. The molecular formula is C17H14Cl4N2O2. The summed E-state index contributed by atoms with van der Waals surface area (Å²) in [6, 6.07) is 10.5. The summed E-state index contributed by atoms with van der Waals surface area (Å²) in [5.41, 5.74) is 2.33.